The second-order valence-corrected chi connectivity index (χ2v) is 11.0. The molecule has 4 heteroatoms. The average molecular weight is 333 g/mol. The Bertz CT molecular complexity index is 719. The maximum Gasteiger partial charge on any atom is 0.241 e. The summed E-state index contributed by atoms with van der Waals surface area (Å²) >= 11 is 0. The summed E-state index contributed by atoms with van der Waals surface area (Å²) in [6, 6.07) is 7.19. The summed E-state index contributed by atoms with van der Waals surface area (Å²) in [5.41, 5.74) is 1.47. The molecule has 5 rings (SSSR count). The van der Waals surface area contributed by atoms with Crippen LogP contribution in [0.2, 0.25) is 0 Å². The van der Waals surface area contributed by atoms with E-state index in [1.54, 1.807) is 12.1 Å². The van der Waals surface area contributed by atoms with Crippen molar-refractivity contribution in [3.05, 3.63) is 29.8 Å². The van der Waals surface area contributed by atoms with Crippen LogP contribution < -0.4 is 4.72 Å². The lowest BCUT2D eigenvalue weighted by molar-refractivity contribution is -0.110. The summed E-state index contributed by atoms with van der Waals surface area (Å²) in [5, 5.41) is 0. The van der Waals surface area contributed by atoms with Crippen molar-refractivity contribution < 1.29 is 8.42 Å². The highest BCUT2D eigenvalue weighted by Crippen LogP contribution is 2.66. The van der Waals surface area contributed by atoms with Crippen molar-refractivity contribution in [3.8, 4) is 0 Å². The summed E-state index contributed by atoms with van der Waals surface area (Å²) in [6.07, 6.45) is 6.81. The van der Waals surface area contributed by atoms with Gasteiger partial charge < -0.3 is 0 Å². The Balaban J connectivity index is 1.67. The fourth-order valence-corrected chi connectivity index (χ4v) is 8.03. The fourth-order valence-electron chi connectivity index (χ4n) is 6.62. The molecule has 126 valence electrons. The van der Waals surface area contributed by atoms with Crippen LogP contribution in [0.15, 0.2) is 29.2 Å². The molecule has 0 spiro atoms. The average Bonchev–Trinajstić information content (AvgIpc) is 2.33. The smallest absolute Gasteiger partial charge is 0.207 e. The first-order valence-electron chi connectivity index (χ1n) is 8.72. The third kappa shape index (κ3) is 2.64. The third-order valence-electron chi connectivity index (χ3n) is 6.31. The van der Waals surface area contributed by atoms with Crippen molar-refractivity contribution in [1.82, 2.24) is 4.72 Å². The summed E-state index contributed by atoms with van der Waals surface area (Å²) in [4.78, 5) is 0.397. The van der Waals surface area contributed by atoms with E-state index in [1.807, 2.05) is 19.1 Å². The Kier molecular flexibility index (Phi) is 3.13. The van der Waals surface area contributed by atoms with Crippen molar-refractivity contribution in [1.29, 1.82) is 0 Å². The molecule has 4 aliphatic rings. The molecular formula is C19H27NO2S. The summed E-state index contributed by atoms with van der Waals surface area (Å²) < 4.78 is 29.0. The molecule has 0 aromatic heterocycles. The van der Waals surface area contributed by atoms with Gasteiger partial charge in [-0.3, -0.25) is 0 Å². The van der Waals surface area contributed by atoms with Crippen LogP contribution in [0.3, 0.4) is 0 Å². The van der Waals surface area contributed by atoms with Crippen LogP contribution >= 0.6 is 0 Å². The van der Waals surface area contributed by atoms with Crippen LogP contribution in [0, 0.1) is 23.7 Å². The number of aryl methyl sites for hydroxylation is 1. The van der Waals surface area contributed by atoms with Gasteiger partial charge in [-0.05, 0) is 74.3 Å². The summed E-state index contributed by atoms with van der Waals surface area (Å²) in [6.45, 7) is 6.71. The van der Waals surface area contributed by atoms with Gasteiger partial charge in [-0.1, -0.05) is 31.5 Å². The van der Waals surface area contributed by atoms with Gasteiger partial charge in [0.15, 0.2) is 0 Å². The van der Waals surface area contributed by atoms with Gasteiger partial charge in [0.25, 0.3) is 0 Å². The van der Waals surface area contributed by atoms with E-state index in [0.717, 1.165) is 24.8 Å². The minimum atomic E-state index is -3.44. The molecule has 0 heterocycles. The van der Waals surface area contributed by atoms with E-state index >= 15 is 0 Å². The van der Waals surface area contributed by atoms with Crippen LogP contribution in [-0.2, 0) is 10.0 Å². The molecule has 0 saturated heterocycles. The maximum absolute atomic E-state index is 12.9. The molecule has 1 N–H and O–H groups in total. The quantitative estimate of drug-likeness (QED) is 0.908. The van der Waals surface area contributed by atoms with Gasteiger partial charge >= 0.3 is 0 Å². The Morgan fingerprint density at radius 2 is 1.52 bits per heavy atom. The highest BCUT2D eigenvalue weighted by molar-refractivity contribution is 7.89. The molecule has 0 aliphatic heterocycles. The van der Waals surface area contributed by atoms with Crippen LogP contribution in [0.25, 0.3) is 0 Å². The minimum Gasteiger partial charge on any atom is -0.207 e. The van der Waals surface area contributed by atoms with Crippen LogP contribution in [0.5, 0.6) is 0 Å². The third-order valence-corrected chi connectivity index (χ3v) is 7.90. The lowest BCUT2D eigenvalue weighted by atomic mass is 9.43. The Labute approximate surface area is 139 Å². The number of sulfonamides is 1. The molecule has 1 aromatic rings. The van der Waals surface area contributed by atoms with Gasteiger partial charge in [-0.15, -0.1) is 0 Å². The molecule has 4 fully saturated rings. The molecule has 3 nitrogen and oxygen atoms in total. The number of rotatable bonds is 3. The Morgan fingerprint density at radius 3 is 2.04 bits per heavy atom. The first kappa shape index (κ1) is 15.6. The molecule has 4 bridgehead atoms. The van der Waals surface area contributed by atoms with Gasteiger partial charge in [-0.25, -0.2) is 13.1 Å². The normalized spacial score (nSPS) is 42.1. The van der Waals surface area contributed by atoms with E-state index in [9.17, 15) is 8.42 Å². The first-order valence-corrected chi connectivity index (χ1v) is 10.2. The van der Waals surface area contributed by atoms with Crippen molar-refractivity contribution in [3.63, 3.8) is 0 Å². The summed E-state index contributed by atoms with van der Waals surface area (Å²) in [7, 11) is -3.44. The standard InChI is InChI=1S/C19H27NO2S/c1-14-4-6-16(7-5-14)23(21,22)20-19-10-15-8-17(2,12-19)11-18(3,9-15)13-19/h4-7,15,20H,8-13H2,1-3H3/t15?,17-,18-,19?/m1/s1. The molecule has 4 saturated carbocycles. The van der Waals surface area contributed by atoms with Gasteiger partial charge in [0.2, 0.25) is 10.0 Å². The minimum absolute atomic E-state index is 0.230. The van der Waals surface area contributed by atoms with Gasteiger partial charge in [0.1, 0.15) is 0 Å². The SMILES string of the molecule is Cc1ccc(S(=O)(=O)NC23CC4C[C@@](C)(C2)C[C@@](C)(C4)C3)cc1. The maximum atomic E-state index is 12.9. The first-order chi connectivity index (χ1) is 10.6. The predicted octanol–water partition coefficient (Wildman–Crippen LogP) is 4.02. The Hall–Kier alpha value is -0.870. The highest BCUT2D eigenvalue weighted by atomic mass is 32.2. The molecule has 1 aromatic carbocycles. The fraction of sp³-hybridized carbons (Fsp3) is 0.684. The zero-order chi connectivity index (χ0) is 16.5. The van der Waals surface area contributed by atoms with E-state index in [0.29, 0.717) is 21.6 Å². The number of benzene rings is 1. The van der Waals surface area contributed by atoms with Crippen LogP contribution in [0.4, 0.5) is 0 Å². The van der Waals surface area contributed by atoms with E-state index in [1.165, 1.54) is 19.3 Å². The molecular weight excluding hydrogens is 306 g/mol. The second kappa shape index (κ2) is 4.60. The zero-order valence-corrected chi connectivity index (χ0v) is 15.2. The molecule has 0 amide bonds. The molecule has 4 aliphatic carbocycles. The number of hydrogen-bond acceptors (Lipinski definition) is 2. The monoisotopic (exact) mass is 333 g/mol. The largest absolute Gasteiger partial charge is 0.241 e. The van der Waals surface area contributed by atoms with Crippen molar-refractivity contribution in [2.24, 2.45) is 16.7 Å². The number of nitrogens with one attached hydrogen (secondary N) is 1. The molecule has 0 unspecified atom stereocenters. The second-order valence-electron chi connectivity index (χ2n) is 9.33. The molecule has 23 heavy (non-hydrogen) atoms. The molecule has 2 atom stereocenters. The van der Waals surface area contributed by atoms with Crippen LogP contribution in [0.1, 0.15) is 57.9 Å². The van der Waals surface area contributed by atoms with E-state index < -0.39 is 10.0 Å². The topological polar surface area (TPSA) is 46.2 Å². The van der Waals surface area contributed by atoms with Gasteiger partial charge in [-0.2, -0.15) is 0 Å². The van der Waals surface area contributed by atoms with E-state index in [-0.39, 0.29) is 5.54 Å². The number of hydrogen-bond donors (Lipinski definition) is 1. The van der Waals surface area contributed by atoms with Crippen molar-refractivity contribution in [2.45, 2.75) is 69.7 Å². The van der Waals surface area contributed by atoms with Crippen molar-refractivity contribution >= 4 is 10.0 Å². The van der Waals surface area contributed by atoms with Crippen LogP contribution in [-0.4, -0.2) is 14.0 Å². The summed E-state index contributed by atoms with van der Waals surface area (Å²) in [5.74, 6) is 0.682. The molecule has 0 radical (unpaired) electrons. The Morgan fingerprint density at radius 1 is 0.957 bits per heavy atom. The van der Waals surface area contributed by atoms with E-state index in [2.05, 4.69) is 18.6 Å². The lowest BCUT2D eigenvalue weighted by Crippen LogP contribution is -2.65. The van der Waals surface area contributed by atoms with Gasteiger partial charge in [0, 0.05) is 5.54 Å². The predicted molar refractivity (Wildman–Crippen MR) is 91.6 cm³/mol. The van der Waals surface area contributed by atoms with Gasteiger partial charge in [0.05, 0.1) is 4.90 Å². The lowest BCUT2D eigenvalue weighted by Gasteiger charge is -2.65. The highest BCUT2D eigenvalue weighted by Gasteiger charge is 2.61. The van der Waals surface area contributed by atoms with Crippen molar-refractivity contribution in [2.75, 3.05) is 0 Å². The van der Waals surface area contributed by atoms with E-state index in [4.69, 9.17) is 0 Å². The zero-order valence-electron chi connectivity index (χ0n) is 14.4.